The van der Waals surface area contributed by atoms with Gasteiger partial charge in [-0.1, -0.05) is 6.07 Å². The van der Waals surface area contributed by atoms with Crippen LogP contribution in [0.2, 0.25) is 0 Å². The van der Waals surface area contributed by atoms with Gasteiger partial charge in [0, 0.05) is 11.1 Å². The number of hydrogen-bond donors (Lipinski definition) is 1. The lowest BCUT2D eigenvalue weighted by Gasteiger charge is -2.02. The third kappa shape index (κ3) is 2.94. The van der Waals surface area contributed by atoms with Crippen LogP contribution in [0.3, 0.4) is 0 Å². The summed E-state index contributed by atoms with van der Waals surface area (Å²) in [5, 5.41) is 0. The standard InChI is InChI=1S/C18H16N2O4/c1-22-13-8-6-11(7-9-13)16-15(17(19)21)20-18(24-16)12-4-3-5-14(10-12)23-2/h3-10H,1-2H3,(H2,19,21). The van der Waals surface area contributed by atoms with Gasteiger partial charge in [-0.3, -0.25) is 4.79 Å². The second-order valence-corrected chi connectivity index (χ2v) is 5.02. The van der Waals surface area contributed by atoms with Crippen molar-refractivity contribution in [3.8, 4) is 34.3 Å². The van der Waals surface area contributed by atoms with E-state index < -0.39 is 5.91 Å². The summed E-state index contributed by atoms with van der Waals surface area (Å²) in [6, 6.07) is 14.3. The zero-order chi connectivity index (χ0) is 17.1. The molecule has 3 rings (SSSR count). The lowest BCUT2D eigenvalue weighted by molar-refractivity contribution is 0.0996. The summed E-state index contributed by atoms with van der Waals surface area (Å²) < 4.78 is 16.1. The summed E-state index contributed by atoms with van der Waals surface area (Å²) >= 11 is 0. The largest absolute Gasteiger partial charge is 0.497 e. The van der Waals surface area contributed by atoms with Crippen LogP contribution in [-0.4, -0.2) is 25.1 Å². The first-order valence-corrected chi connectivity index (χ1v) is 7.22. The fourth-order valence-electron chi connectivity index (χ4n) is 2.30. The number of rotatable bonds is 5. The predicted octanol–water partition coefficient (Wildman–Crippen LogP) is 3.12. The number of oxazole rings is 1. The van der Waals surface area contributed by atoms with Crippen LogP contribution in [-0.2, 0) is 0 Å². The van der Waals surface area contributed by atoms with Gasteiger partial charge in [0.25, 0.3) is 5.91 Å². The van der Waals surface area contributed by atoms with Gasteiger partial charge in [0.15, 0.2) is 11.5 Å². The molecule has 0 aliphatic carbocycles. The van der Waals surface area contributed by atoms with Gasteiger partial charge in [0.1, 0.15) is 11.5 Å². The quantitative estimate of drug-likeness (QED) is 0.779. The van der Waals surface area contributed by atoms with Crippen LogP contribution in [0.5, 0.6) is 11.5 Å². The third-order valence-corrected chi connectivity index (χ3v) is 3.53. The highest BCUT2D eigenvalue weighted by molar-refractivity contribution is 5.97. The van der Waals surface area contributed by atoms with Crippen LogP contribution < -0.4 is 15.2 Å². The Morgan fingerprint density at radius 2 is 1.71 bits per heavy atom. The summed E-state index contributed by atoms with van der Waals surface area (Å²) in [4.78, 5) is 16.0. The zero-order valence-electron chi connectivity index (χ0n) is 13.3. The number of primary amides is 1. The van der Waals surface area contributed by atoms with E-state index in [2.05, 4.69) is 4.98 Å². The number of methoxy groups -OCH3 is 2. The first-order chi connectivity index (χ1) is 11.6. The first-order valence-electron chi connectivity index (χ1n) is 7.22. The van der Waals surface area contributed by atoms with Crippen molar-refractivity contribution >= 4 is 5.91 Å². The molecule has 2 aromatic carbocycles. The van der Waals surface area contributed by atoms with E-state index in [1.165, 1.54) is 0 Å². The minimum absolute atomic E-state index is 0.0815. The van der Waals surface area contributed by atoms with E-state index in [1.807, 2.05) is 18.2 Å². The maximum atomic E-state index is 11.7. The molecule has 122 valence electrons. The third-order valence-electron chi connectivity index (χ3n) is 3.53. The Kier molecular flexibility index (Phi) is 4.20. The van der Waals surface area contributed by atoms with Crippen molar-refractivity contribution in [2.24, 2.45) is 5.73 Å². The van der Waals surface area contributed by atoms with Gasteiger partial charge in [-0.2, -0.15) is 0 Å². The average Bonchev–Trinajstić information content (AvgIpc) is 3.07. The molecule has 0 fully saturated rings. The smallest absolute Gasteiger partial charge is 0.271 e. The Morgan fingerprint density at radius 1 is 1.00 bits per heavy atom. The molecule has 0 bridgehead atoms. The Labute approximate surface area is 138 Å². The Morgan fingerprint density at radius 3 is 2.33 bits per heavy atom. The maximum absolute atomic E-state index is 11.7. The number of nitrogens with two attached hydrogens (primary N) is 1. The minimum Gasteiger partial charge on any atom is -0.497 e. The molecule has 0 aliphatic rings. The molecular formula is C18H16N2O4. The van der Waals surface area contributed by atoms with Gasteiger partial charge >= 0.3 is 0 Å². The van der Waals surface area contributed by atoms with Crippen molar-refractivity contribution in [3.05, 3.63) is 54.2 Å². The van der Waals surface area contributed by atoms with Gasteiger partial charge in [-0.25, -0.2) is 4.98 Å². The van der Waals surface area contributed by atoms with Crippen LogP contribution in [0.4, 0.5) is 0 Å². The number of amides is 1. The number of hydrogen-bond acceptors (Lipinski definition) is 5. The van der Waals surface area contributed by atoms with Crippen molar-refractivity contribution in [2.45, 2.75) is 0 Å². The molecule has 24 heavy (non-hydrogen) atoms. The molecule has 1 amide bonds. The minimum atomic E-state index is -0.654. The van der Waals surface area contributed by atoms with Gasteiger partial charge in [-0.15, -0.1) is 0 Å². The first kappa shape index (κ1) is 15.6. The van der Waals surface area contributed by atoms with Crippen LogP contribution in [0.1, 0.15) is 10.5 Å². The monoisotopic (exact) mass is 324 g/mol. The van der Waals surface area contributed by atoms with Crippen molar-refractivity contribution in [2.75, 3.05) is 14.2 Å². The molecule has 0 radical (unpaired) electrons. The van der Waals surface area contributed by atoms with E-state index in [0.29, 0.717) is 34.3 Å². The fourth-order valence-corrected chi connectivity index (χ4v) is 2.30. The normalized spacial score (nSPS) is 10.4. The van der Waals surface area contributed by atoms with Gasteiger partial charge < -0.3 is 19.6 Å². The summed E-state index contributed by atoms with van der Waals surface area (Å²) in [7, 11) is 3.16. The molecule has 1 heterocycles. The van der Waals surface area contributed by atoms with Crippen LogP contribution in [0.25, 0.3) is 22.8 Å². The molecule has 0 atom stereocenters. The highest BCUT2D eigenvalue weighted by Gasteiger charge is 2.20. The van der Waals surface area contributed by atoms with E-state index in [-0.39, 0.29) is 5.69 Å². The van der Waals surface area contributed by atoms with E-state index in [4.69, 9.17) is 19.6 Å². The summed E-state index contributed by atoms with van der Waals surface area (Å²) in [6.07, 6.45) is 0. The molecule has 0 aliphatic heterocycles. The molecule has 0 saturated heterocycles. The molecule has 6 heteroatoms. The summed E-state index contributed by atoms with van der Waals surface area (Å²) in [6.45, 7) is 0. The molecular weight excluding hydrogens is 308 g/mol. The number of carbonyl (C=O) groups is 1. The molecule has 0 unspecified atom stereocenters. The van der Waals surface area contributed by atoms with Crippen LogP contribution >= 0.6 is 0 Å². The Bertz CT molecular complexity index is 869. The Balaban J connectivity index is 2.08. The highest BCUT2D eigenvalue weighted by Crippen LogP contribution is 2.31. The number of benzene rings is 2. The average molecular weight is 324 g/mol. The molecule has 1 aromatic heterocycles. The SMILES string of the molecule is COc1ccc(-c2oc(-c3cccc(OC)c3)nc2C(N)=O)cc1. The van der Waals surface area contributed by atoms with Gasteiger partial charge in [0.05, 0.1) is 14.2 Å². The van der Waals surface area contributed by atoms with E-state index in [9.17, 15) is 4.79 Å². The number of ether oxygens (including phenoxy) is 2. The van der Waals surface area contributed by atoms with E-state index in [0.717, 1.165) is 0 Å². The molecule has 6 nitrogen and oxygen atoms in total. The van der Waals surface area contributed by atoms with Crippen molar-refractivity contribution < 1.29 is 18.7 Å². The van der Waals surface area contributed by atoms with Crippen molar-refractivity contribution in [1.29, 1.82) is 0 Å². The summed E-state index contributed by atoms with van der Waals surface area (Å²) in [5.74, 6) is 1.33. The molecule has 0 spiro atoms. The lowest BCUT2D eigenvalue weighted by atomic mass is 10.1. The van der Waals surface area contributed by atoms with E-state index in [1.54, 1.807) is 44.6 Å². The second-order valence-electron chi connectivity index (χ2n) is 5.02. The molecule has 3 aromatic rings. The van der Waals surface area contributed by atoms with Crippen LogP contribution in [0.15, 0.2) is 52.9 Å². The van der Waals surface area contributed by atoms with Crippen molar-refractivity contribution in [3.63, 3.8) is 0 Å². The lowest BCUT2D eigenvalue weighted by Crippen LogP contribution is -2.12. The van der Waals surface area contributed by atoms with Crippen molar-refractivity contribution in [1.82, 2.24) is 4.98 Å². The fraction of sp³-hybridized carbons (Fsp3) is 0.111. The second kappa shape index (κ2) is 6.45. The number of aromatic nitrogens is 1. The Hall–Kier alpha value is -3.28. The van der Waals surface area contributed by atoms with Gasteiger partial charge in [-0.05, 0) is 42.5 Å². The molecule has 2 N–H and O–H groups in total. The van der Waals surface area contributed by atoms with Crippen LogP contribution in [0, 0.1) is 0 Å². The highest BCUT2D eigenvalue weighted by atomic mass is 16.5. The van der Waals surface area contributed by atoms with E-state index >= 15 is 0 Å². The zero-order valence-corrected chi connectivity index (χ0v) is 13.3. The predicted molar refractivity (Wildman–Crippen MR) is 89.0 cm³/mol. The topological polar surface area (TPSA) is 87.6 Å². The number of nitrogens with zero attached hydrogens (tertiary/aromatic N) is 1. The maximum Gasteiger partial charge on any atom is 0.271 e. The summed E-state index contributed by atoms with van der Waals surface area (Å²) in [5.41, 5.74) is 6.90. The van der Waals surface area contributed by atoms with Gasteiger partial charge in [0.2, 0.25) is 5.89 Å². The molecule has 0 saturated carbocycles. The number of carbonyl (C=O) groups excluding carboxylic acids is 1.